The van der Waals surface area contributed by atoms with Crippen LogP contribution in [-0.2, 0) is 4.79 Å². The van der Waals surface area contributed by atoms with Crippen molar-refractivity contribution in [3.8, 4) is 5.75 Å². The Morgan fingerprint density at radius 1 is 1.40 bits per heavy atom. The Morgan fingerprint density at radius 2 is 2.10 bits per heavy atom. The summed E-state index contributed by atoms with van der Waals surface area (Å²) in [5.41, 5.74) is 5.30. The van der Waals surface area contributed by atoms with Crippen LogP contribution in [-0.4, -0.2) is 25.6 Å². The average molecular weight is 343 g/mol. The normalized spacial score (nSPS) is 11.2. The van der Waals surface area contributed by atoms with E-state index in [2.05, 4.69) is 21.2 Å². The first-order valence-electron chi connectivity index (χ1n) is 6.94. The fourth-order valence-corrected chi connectivity index (χ4v) is 2.41. The fraction of sp³-hybridized carbons (Fsp3) is 0.533. The van der Waals surface area contributed by atoms with Crippen molar-refractivity contribution in [1.29, 1.82) is 0 Å². The van der Waals surface area contributed by atoms with Crippen molar-refractivity contribution in [2.75, 3.05) is 19.7 Å². The van der Waals surface area contributed by atoms with E-state index in [0.29, 0.717) is 19.7 Å². The van der Waals surface area contributed by atoms with Crippen molar-refractivity contribution in [2.45, 2.75) is 26.7 Å². The highest BCUT2D eigenvalue weighted by Gasteiger charge is 2.32. The number of nitrogens with one attached hydrogen (secondary N) is 1. The molecular weight excluding hydrogens is 320 g/mol. The van der Waals surface area contributed by atoms with Crippen molar-refractivity contribution in [2.24, 2.45) is 11.1 Å². The molecule has 1 amide bonds. The van der Waals surface area contributed by atoms with Gasteiger partial charge in [-0.25, -0.2) is 0 Å². The number of carbonyl (C=O) groups excluding carboxylic acids is 1. The monoisotopic (exact) mass is 342 g/mol. The largest absolute Gasteiger partial charge is 0.492 e. The lowest BCUT2D eigenvalue weighted by molar-refractivity contribution is -0.131. The van der Waals surface area contributed by atoms with Crippen molar-refractivity contribution < 1.29 is 9.53 Å². The first kappa shape index (κ1) is 17.0. The number of amides is 1. The van der Waals surface area contributed by atoms with E-state index in [1.165, 1.54) is 0 Å². The SMILES string of the molecule is CCC(CC)(CN)C(=O)NCCOc1cccc(Br)c1. The third kappa shape index (κ3) is 4.49. The van der Waals surface area contributed by atoms with E-state index in [1.807, 2.05) is 38.1 Å². The smallest absolute Gasteiger partial charge is 0.227 e. The van der Waals surface area contributed by atoms with Gasteiger partial charge in [0.1, 0.15) is 12.4 Å². The van der Waals surface area contributed by atoms with Gasteiger partial charge in [0.25, 0.3) is 0 Å². The first-order chi connectivity index (χ1) is 9.57. The van der Waals surface area contributed by atoms with Crippen LogP contribution in [0.1, 0.15) is 26.7 Å². The van der Waals surface area contributed by atoms with Crippen molar-refractivity contribution >= 4 is 21.8 Å². The minimum atomic E-state index is -0.449. The standard InChI is InChI=1S/C15H23BrN2O2/c1-3-15(4-2,11-17)14(19)18-8-9-20-13-7-5-6-12(16)10-13/h5-7,10H,3-4,8-9,11,17H2,1-2H3,(H,18,19). The lowest BCUT2D eigenvalue weighted by Gasteiger charge is -2.28. The van der Waals surface area contributed by atoms with Gasteiger partial charge in [-0.1, -0.05) is 35.8 Å². The third-order valence-electron chi connectivity index (χ3n) is 3.68. The van der Waals surface area contributed by atoms with Crippen LogP contribution in [0.4, 0.5) is 0 Å². The van der Waals surface area contributed by atoms with Crippen LogP contribution < -0.4 is 15.8 Å². The van der Waals surface area contributed by atoms with Crippen molar-refractivity contribution in [1.82, 2.24) is 5.32 Å². The van der Waals surface area contributed by atoms with Crippen LogP contribution in [0.15, 0.2) is 28.7 Å². The molecule has 3 N–H and O–H groups in total. The highest BCUT2D eigenvalue weighted by atomic mass is 79.9. The van der Waals surface area contributed by atoms with Gasteiger partial charge < -0.3 is 15.8 Å². The highest BCUT2D eigenvalue weighted by Crippen LogP contribution is 2.24. The highest BCUT2D eigenvalue weighted by molar-refractivity contribution is 9.10. The van der Waals surface area contributed by atoms with Crippen LogP contribution in [0.3, 0.4) is 0 Å². The molecule has 0 atom stereocenters. The molecule has 0 aliphatic rings. The molecule has 20 heavy (non-hydrogen) atoms. The van der Waals surface area contributed by atoms with Crippen LogP contribution in [0.2, 0.25) is 0 Å². The van der Waals surface area contributed by atoms with E-state index >= 15 is 0 Å². The summed E-state index contributed by atoms with van der Waals surface area (Å²) in [6, 6.07) is 7.62. The molecule has 112 valence electrons. The van der Waals surface area contributed by atoms with Gasteiger partial charge in [0, 0.05) is 11.0 Å². The molecule has 0 radical (unpaired) electrons. The lowest BCUT2D eigenvalue weighted by atomic mass is 9.81. The maximum Gasteiger partial charge on any atom is 0.227 e. The van der Waals surface area contributed by atoms with E-state index in [-0.39, 0.29) is 5.91 Å². The number of ether oxygens (including phenoxy) is 1. The van der Waals surface area contributed by atoms with E-state index in [4.69, 9.17) is 10.5 Å². The maximum absolute atomic E-state index is 12.2. The molecule has 0 fully saturated rings. The maximum atomic E-state index is 12.2. The molecule has 0 heterocycles. The Balaban J connectivity index is 2.39. The summed E-state index contributed by atoms with van der Waals surface area (Å²) in [5.74, 6) is 0.799. The zero-order valence-corrected chi connectivity index (χ0v) is 13.7. The molecule has 1 aromatic rings. The second kappa shape index (κ2) is 8.27. The summed E-state index contributed by atoms with van der Waals surface area (Å²) >= 11 is 3.38. The van der Waals surface area contributed by atoms with Gasteiger partial charge in [0.15, 0.2) is 0 Å². The second-order valence-electron chi connectivity index (χ2n) is 4.75. The van der Waals surface area contributed by atoms with E-state index in [0.717, 1.165) is 23.1 Å². The van der Waals surface area contributed by atoms with Crippen molar-refractivity contribution in [3.05, 3.63) is 28.7 Å². The molecule has 0 aliphatic carbocycles. The number of benzene rings is 1. The van der Waals surface area contributed by atoms with E-state index < -0.39 is 5.41 Å². The van der Waals surface area contributed by atoms with Gasteiger partial charge in [-0.05, 0) is 31.0 Å². The quantitative estimate of drug-likeness (QED) is 0.714. The molecule has 1 aromatic carbocycles. The van der Waals surface area contributed by atoms with Crippen LogP contribution in [0.5, 0.6) is 5.75 Å². The number of halogens is 1. The number of rotatable bonds is 8. The second-order valence-corrected chi connectivity index (χ2v) is 5.67. The molecule has 0 aromatic heterocycles. The zero-order chi connectivity index (χ0) is 15.0. The summed E-state index contributed by atoms with van der Waals surface area (Å²) in [6.07, 6.45) is 1.50. The molecule has 1 rings (SSSR count). The first-order valence-corrected chi connectivity index (χ1v) is 7.74. The van der Waals surface area contributed by atoms with Crippen LogP contribution in [0.25, 0.3) is 0 Å². The Bertz CT molecular complexity index is 425. The van der Waals surface area contributed by atoms with E-state index in [1.54, 1.807) is 0 Å². The number of hydrogen-bond donors (Lipinski definition) is 2. The molecule has 0 saturated heterocycles. The lowest BCUT2D eigenvalue weighted by Crippen LogP contribution is -2.46. The van der Waals surface area contributed by atoms with Crippen LogP contribution >= 0.6 is 15.9 Å². The molecule has 0 saturated carbocycles. The average Bonchev–Trinajstić information content (AvgIpc) is 2.46. The minimum Gasteiger partial charge on any atom is -0.492 e. The Kier molecular flexibility index (Phi) is 7.02. The van der Waals surface area contributed by atoms with Gasteiger partial charge >= 0.3 is 0 Å². The minimum absolute atomic E-state index is 0.0165. The Morgan fingerprint density at radius 3 is 2.65 bits per heavy atom. The molecule has 0 bridgehead atoms. The topological polar surface area (TPSA) is 64.4 Å². The summed E-state index contributed by atoms with van der Waals surface area (Å²) in [6.45, 7) is 5.28. The van der Waals surface area contributed by atoms with Gasteiger partial charge in [-0.2, -0.15) is 0 Å². The summed E-state index contributed by atoms with van der Waals surface area (Å²) in [5, 5.41) is 2.91. The molecule has 0 unspecified atom stereocenters. The van der Waals surface area contributed by atoms with E-state index in [9.17, 15) is 4.79 Å². The Hall–Kier alpha value is -1.07. The van der Waals surface area contributed by atoms with Gasteiger partial charge in [0.2, 0.25) is 5.91 Å². The molecule has 5 heteroatoms. The summed E-state index contributed by atoms with van der Waals surface area (Å²) in [4.78, 5) is 12.2. The predicted octanol–water partition coefficient (Wildman–Crippen LogP) is 2.71. The van der Waals surface area contributed by atoms with Gasteiger partial charge in [0.05, 0.1) is 12.0 Å². The number of carbonyl (C=O) groups is 1. The number of hydrogen-bond acceptors (Lipinski definition) is 3. The van der Waals surface area contributed by atoms with Gasteiger partial charge in [-0.3, -0.25) is 4.79 Å². The predicted molar refractivity (Wildman–Crippen MR) is 84.7 cm³/mol. The molecule has 0 aliphatic heterocycles. The fourth-order valence-electron chi connectivity index (χ4n) is 2.03. The Labute approximate surface area is 129 Å². The zero-order valence-electron chi connectivity index (χ0n) is 12.1. The molecular formula is C15H23BrN2O2. The molecule has 0 spiro atoms. The third-order valence-corrected chi connectivity index (χ3v) is 4.17. The van der Waals surface area contributed by atoms with Gasteiger partial charge in [-0.15, -0.1) is 0 Å². The summed E-state index contributed by atoms with van der Waals surface area (Å²) < 4.78 is 6.55. The number of nitrogens with two attached hydrogens (primary N) is 1. The van der Waals surface area contributed by atoms with Crippen LogP contribution in [0, 0.1) is 5.41 Å². The van der Waals surface area contributed by atoms with Crippen molar-refractivity contribution in [3.63, 3.8) is 0 Å². The molecule has 4 nitrogen and oxygen atoms in total. The summed E-state index contributed by atoms with van der Waals surface area (Å²) in [7, 11) is 0.